The molecule has 0 heterocycles. The van der Waals surface area contributed by atoms with Gasteiger partial charge in [0.2, 0.25) is 0 Å². The third-order valence-corrected chi connectivity index (χ3v) is 4.06. The molecule has 0 N–H and O–H groups in total. The first-order valence-corrected chi connectivity index (χ1v) is 6.55. The number of hydrogen-bond acceptors (Lipinski definition) is 0. The van der Waals surface area contributed by atoms with E-state index in [-0.39, 0.29) is 0 Å². The molecule has 1 fully saturated rings. The largest absolute Gasteiger partial charge is 0.0654 e. The van der Waals surface area contributed by atoms with Gasteiger partial charge in [0.05, 0.1) is 0 Å². The summed E-state index contributed by atoms with van der Waals surface area (Å²) >= 11 is 0. The summed E-state index contributed by atoms with van der Waals surface area (Å²) in [6.45, 7) is 9.68. The fourth-order valence-corrected chi connectivity index (χ4v) is 3.00. The van der Waals surface area contributed by atoms with Gasteiger partial charge < -0.3 is 0 Å². The normalized spacial score (nSPS) is 28.7. The van der Waals surface area contributed by atoms with Crippen molar-refractivity contribution in [3.63, 3.8) is 0 Å². The average molecular weight is 196 g/mol. The van der Waals surface area contributed by atoms with Crippen LogP contribution in [0.1, 0.15) is 72.6 Å². The summed E-state index contributed by atoms with van der Waals surface area (Å²) in [5, 5.41) is 0. The predicted octanol–water partition coefficient (Wildman–Crippen LogP) is 5.03. The Kier molecular flexibility index (Phi) is 4.47. The molecule has 2 unspecified atom stereocenters. The molecule has 0 aromatic rings. The second-order valence-corrected chi connectivity index (χ2v) is 6.14. The third-order valence-electron chi connectivity index (χ3n) is 4.06. The summed E-state index contributed by atoms with van der Waals surface area (Å²) in [4.78, 5) is 0. The van der Waals surface area contributed by atoms with Crippen molar-refractivity contribution in [2.24, 2.45) is 17.3 Å². The Labute approximate surface area is 90.5 Å². The van der Waals surface area contributed by atoms with Crippen molar-refractivity contribution < 1.29 is 0 Å². The minimum Gasteiger partial charge on any atom is -0.0654 e. The van der Waals surface area contributed by atoms with Gasteiger partial charge in [0.25, 0.3) is 0 Å². The standard InChI is InChI=1S/C14H28/c1-5-6-8-12(2)13-9-7-10-14(3,4)11-13/h12-13H,5-11H2,1-4H3. The number of hydrogen-bond donors (Lipinski definition) is 0. The molecule has 2 atom stereocenters. The molecule has 0 nitrogen and oxygen atoms in total. The highest BCUT2D eigenvalue weighted by Crippen LogP contribution is 2.42. The molecular formula is C14H28. The van der Waals surface area contributed by atoms with Gasteiger partial charge in [0, 0.05) is 0 Å². The summed E-state index contributed by atoms with van der Waals surface area (Å²) in [5.41, 5.74) is 0.628. The SMILES string of the molecule is CCCCC(C)C1CCCC(C)(C)C1. The molecule has 0 spiro atoms. The smallest absolute Gasteiger partial charge is 0.0351 e. The molecule has 0 aromatic heterocycles. The van der Waals surface area contributed by atoms with Crippen molar-refractivity contribution in [2.75, 3.05) is 0 Å². The Hall–Kier alpha value is 0. The maximum absolute atomic E-state index is 2.47. The monoisotopic (exact) mass is 196 g/mol. The Morgan fingerprint density at radius 2 is 2.07 bits per heavy atom. The van der Waals surface area contributed by atoms with Crippen LogP contribution in [0.5, 0.6) is 0 Å². The average Bonchev–Trinajstić information content (AvgIpc) is 2.12. The van der Waals surface area contributed by atoms with Crippen LogP contribution in [-0.2, 0) is 0 Å². The Morgan fingerprint density at radius 3 is 2.64 bits per heavy atom. The van der Waals surface area contributed by atoms with E-state index in [2.05, 4.69) is 27.7 Å². The molecule has 1 saturated carbocycles. The third kappa shape index (κ3) is 3.63. The van der Waals surface area contributed by atoms with Crippen LogP contribution in [0.2, 0.25) is 0 Å². The minimum atomic E-state index is 0.628. The van der Waals surface area contributed by atoms with Gasteiger partial charge in [0.1, 0.15) is 0 Å². The van der Waals surface area contributed by atoms with E-state index in [1.807, 2.05) is 0 Å². The lowest BCUT2D eigenvalue weighted by molar-refractivity contribution is 0.135. The minimum absolute atomic E-state index is 0.628. The van der Waals surface area contributed by atoms with Crippen LogP contribution >= 0.6 is 0 Å². The van der Waals surface area contributed by atoms with E-state index < -0.39 is 0 Å². The van der Waals surface area contributed by atoms with Crippen LogP contribution in [0, 0.1) is 17.3 Å². The van der Waals surface area contributed by atoms with Gasteiger partial charge in [-0.1, -0.05) is 59.8 Å². The van der Waals surface area contributed by atoms with Crippen LogP contribution in [0.25, 0.3) is 0 Å². The zero-order chi connectivity index (χ0) is 10.6. The maximum atomic E-state index is 2.47. The first-order valence-electron chi connectivity index (χ1n) is 6.55. The Bertz CT molecular complexity index is 157. The molecule has 0 radical (unpaired) electrons. The summed E-state index contributed by atoms with van der Waals surface area (Å²) in [6, 6.07) is 0. The Morgan fingerprint density at radius 1 is 1.36 bits per heavy atom. The molecule has 0 heteroatoms. The van der Waals surface area contributed by atoms with E-state index >= 15 is 0 Å². The van der Waals surface area contributed by atoms with Gasteiger partial charge in [-0.25, -0.2) is 0 Å². The summed E-state index contributed by atoms with van der Waals surface area (Å²) in [5.74, 6) is 1.99. The highest BCUT2D eigenvalue weighted by Gasteiger charge is 2.30. The van der Waals surface area contributed by atoms with E-state index in [1.165, 1.54) is 44.9 Å². The molecule has 84 valence electrons. The lowest BCUT2D eigenvalue weighted by Crippen LogP contribution is -2.26. The van der Waals surface area contributed by atoms with Gasteiger partial charge >= 0.3 is 0 Å². The Balaban J connectivity index is 2.35. The van der Waals surface area contributed by atoms with Crippen molar-refractivity contribution >= 4 is 0 Å². The van der Waals surface area contributed by atoms with Crippen molar-refractivity contribution in [2.45, 2.75) is 72.6 Å². The second-order valence-electron chi connectivity index (χ2n) is 6.14. The zero-order valence-corrected chi connectivity index (χ0v) is 10.6. The van der Waals surface area contributed by atoms with Crippen LogP contribution in [-0.4, -0.2) is 0 Å². The molecule has 1 aliphatic carbocycles. The molecule has 0 aliphatic heterocycles. The van der Waals surface area contributed by atoms with Gasteiger partial charge in [-0.3, -0.25) is 0 Å². The molecule has 0 aromatic carbocycles. The maximum Gasteiger partial charge on any atom is -0.0351 e. The molecule has 14 heavy (non-hydrogen) atoms. The van der Waals surface area contributed by atoms with E-state index in [1.54, 1.807) is 0 Å². The molecule has 1 aliphatic rings. The fraction of sp³-hybridized carbons (Fsp3) is 1.00. The van der Waals surface area contributed by atoms with Gasteiger partial charge in [0.15, 0.2) is 0 Å². The van der Waals surface area contributed by atoms with Crippen molar-refractivity contribution in [1.29, 1.82) is 0 Å². The number of rotatable bonds is 4. The first kappa shape index (κ1) is 12.1. The quantitative estimate of drug-likeness (QED) is 0.591. The lowest BCUT2D eigenvalue weighted by atomic mass is 9.68. The summed E-state index contributed by atoms with van der Waals surface area (Å²) < 4.78 is 0. The van der Waals surface area contributed by atoms with Crippen molar-refractivity contribution in [1.82, 2.24) is 0 Å². The van der Waals surface area contributed by atoms with E-state index in [0.29, 0.717) is 5.41 Å². The second kappa shape index (κ2) is 5.19. The zero-order valence-electron chi connectivity index (χ0n) is 10.6. The van der Waals surface area contributed by atoms with Gasteiger partial charge in [-0.15, -0.1) is 0 Å². The van der Waals surface area contributed by atoms with Crippen LogP contribution in [0.3, 0.4) is 0 Å². The molecular weight excluding hydrogens is 168 g/mol. The summed E-state index contributed by atoms with van der Waals surface area (Å²) in [7, 11) is 0. The van der Waals surface area contributed by atoms with Gasteiger partial charge in [-0.05, 0) is 30.1 Å². The highest BCUT2D eigenvalue weighted by molar-refractivity contribution is 4.81. The van der Waals surface area contributed by atoms with Crippen LogP contribution < -0.4 is 0 Å². The molecule has 1 rings (SSSR count). The first-order chi connectivity index (χ1) is 6.55. The molecule has 0 bridgehead atoms. The van der Waals surface area contributed by atoms with E-state index in [9.17, 15) is 0 Å². The fourth-order valence-electron chi connectivity index (χ4n) is 3.00. The lowest BCUT2D eigenvalue weighted by Gasteiger charge is -2.38. The van der Waals surface area contributed by atoms with Crippen molar-refractivity contribution in [3.8, 4) is 0 Å². The van der Waals surface area contributed by atoms with E-state index in [4.69, 9.17) is 0 Å². The topological polar surface area (TPSA) is 0 Å². The van der Waals surface area contributed by atoms with Crippen LogP contribution in [0.15, 0.2) is 0 Å². The van der Waals surface area contributed by atoms with Gasteiger partial charge in [-0.2, -0.15) is 0 Å². The highest BCUT2D eigenvalue weighted by atomic mass is 14.4. The number of unbranched alkanes of at least 4 members (excludes halogenated alkanes) is 1. The predicted molar refractivity (Wildman–Crippen MR) is 64.4 cm³/mol. The van der Waals surface area contributed by atoms with Crippen LogP contribution in [0.4, 0.5) is 0 Å². The summed E-state index contributed by atoms with van der Waals surface area (Å²) in [6.07, 6.45) is 10.1. The van der Waals surface area contributed by atoms with E-state index in [0.717, 1.165) is 11.8 Å². The van der Waals surface area contributed by atoms with Crippen molar-refractivity contribution in [3.05, 3.63) is 0 Å². The molecule has 0 saturated heterocycles. The molecule has 0 amide bonds.